The molecule has 0 aliphatic rings. The first-order chi connectivity index (χ1) is 9.65. The van der Waals surface area contributed by atoms with Crippen LogP contribution in [0.1, 0.15) is 12.0 Å². The van der Waals surface area contributed by atoms with Crippen LogP contribution in [-0.2, 0) is 4.79 Å². The second-order valence-corrected chi connectivity index (χ2v) is 5.97. The average Bonchev–Trinajstić information content (AvgIpc) is 2.44. The van der Waals surface area contributed by atoms with Gasteiger partial charge in [-0.3, -0.25) is 4.79 Å². The maximum Gasteiger partial charge on any atom is 0.244 e. The van der Waals surface area contributed by atoms with Gasteiger partial charge in [-0.15, -0.1) is 0 Å². The Hall–Kier alpha value is -0.680. The fraction of sp³-hybridized carbons (Fsp3) is 0.357. The summed E-state index contributed by atoms with van der Waals surface area (Å²) in [6, 6.07) is 5.28. The van der Waals surface area contributed by atoms with Gasteiger partial charge in [0.1, 0.15) is 0 Å². The van der Waals surface area contributed by atoms with Gasteiger partial charge in [-0.1, -0.05) is 35.3 Å². The first kappa shape index (κ1) is 17.4. The number of aliphatic hydroxyl groups is 1. The highest BCUT2D eigenvalue weighted by molar-refractivity contribution is 7.99. The Morgan fingerprint density at radius 2 is 2.15 bits per heavy atom. The molecule has 0 bridgehead atoms. The van der Waals surface area contributed by atoms with Gasteiger partial charge < -0.3 is 10.4 Å². The minimum Gasteiger partial charge on any atom is -0.396 e. The highest BCUT2D eigenvalue weighted by Gasteiger charge is 2.01. The van der Waals surface area contributed by atoms with Crippen LogP contribution in [0, 0.1) is 0 Å². The molecule has 3 nitrogen and oxygen atoms in total. The van der Waals surface area contributed by atoms with E-state index in [1.54, 1.807) is 36.0 Å². The Labute approximate surface area is 133 Å². The van der Waals surface area contributed by atoms with E-state index < -0.39 is 0 Å². The molecule has 0 heterocycles. The maximum absolute atomic E-state index is 11.6. The SMILES string of the molecule is O=C(/C=C/c1cccc(Cl)c1Cl)NCCSCCCO. The summed E-state index contributed by atoms with van der Waals surface area (Å²) in [6.07, 6.45) is 3.87. The van der Waals surface area contributed by atoms with Crippen molar-refractivity contribution in [2.45, 2.75) is 6.42 Å². The molecule has 1 aromatic rings. The highest BCUT2D eigenvalue weighted by atomic mass is 35.5. The number of thioether (sulfide) groups is 1. The number of carbonyl (C=O) groups is 1. The van der Waals surface area contributed by atoms with Crippen LogP contribution in [0.3, 0.4) is 0 Å². The van der Waals surface area contributed by atoms with E-state index in [2.05, 4.69) is 5.32 Å². The third-order valence-electron chi connectivity index (χ3n) is 2.39. The largest absolute Gasteiger partial charge is 0.396 e. The summed E-state index contributed by atoms with van der Waals surface area (Å²) in [5.74, 6) is 1.57. The van der Waals surface area contributed by atoms with Gasteiger partial charge >= 0.3 is 0 Å². The number of amides is 1. The number of hydrogen-bond acceptors (Lipinski definition) is 3. The van der Waals surface area contributed by atoms with E-state index in [0.717, 1.165) is 17.9 Å². The van der Waals surface area contributed by atoms with Crippen LogP contribution in [0.2, 0.25) is 10.0 Å². The lowest BCUT2D eigenvalue weighted by Crippen LogP contribution is -2.23. The Balaban J connectivity index is 2.31. The summed E-state index contributed by atoms with van der Waals surface area (Å²) in [5, 5.41) is 12.3. The molecule has 0 unspecified atom stereocenters. The molecule has 6 heteroatoms. The van der Waals surface area contributed by atoms with Crippen molar-refractivity contribution < 1.29 is 9.90 Å². The van der Waals surface area contributed by atoms with Gasteiger partial charge in [0.25, 0.3) is 0 Å². The number of benzene rings is 1. The van der Waals surface area contributed by atoms with Gasteiger partial charge in [-0.25, -0.2) is 0 Å². The Kier molecular flexibility index (Phi) is 8.78. The zero-order chi connectivity index (χ0) is 14.8. The van der Waals surface area contributed by atoms with Crippen molar-refractivity contribution in [2.75, 3.05) is 24.7 Å². The number of hydrogen-bond donors (Lipinski definition) is 2. The Morgan fingerprint density at radius 1 is 1.35 bits per heavy atom. The molecule has 20 heavy (non-hydrogen) atoms. The summed E-state index contributed by atoms with van der Waals surface area (Å²) in [4.78, 5) is 11.6. The quantitative estimate of drug-likeness (QED) is 0.567. The Bertz CT molecular complexity index is 466. The van der Waals surface area contributed by atoms with Crippen molar-refractivity contribution in [2.24, 2.45) is 0 Å². The zero-order valence-corrected chi connectivity index (χ0v) is 13.3. The summed E-state index contributed by atoms with van der Waals surface area (Å²) in [6.45, 7) is 0.811. The maximum atomic E-state index is 11.6. The lowest BCUT2D eigenvalue weighted by atomic mass is 10.2. The minimum atomic E-state index is -0.163. The summed E-state index contributed by atoms with van der Waals surface area (Å²) in [7, 11) is 0. The first-order valence-electron chi connectivity index (χ1n) is 6.23. The normalized spacial score (nSPS) is 10.9. The van der Waals surface area contributed by atoms with Crippen molar-refractivity contribution in [3.63, 3.8) is 0 Å². The summed E-state index contributed by atoms with van der Waals surface area (Å²) >= 11 is 13.6. The van der Waals surface area contributed by atoms with Gasteiger partial charge in [0.15, 0.2) is 0 Å². The second-order valence-electron chi connectivity index (χ2n) is 3.96. The average molecular weight is 334 g/mol. The highest BCUT2D eigenvalue weighted by Crippen LogP contribution is 2.26. The topological polar surface area (TPSA) is 49.3 Å². The van der Waals surface area contributed by atoms with Gasteiger partial charge in [0, 0.05) is 25.0 Å². The molecule has 0 saturated carbocycles. The van der Waals surface area contributed by atoms with Gasteiger partial charge in [-0.2, -0.15) is 11.8 Å². The van der Waals surface area contributed by atoms with Gasteiger partial charge in [-0.05, 0) is 29.9 Å². The third-order valence-corrected chi connectivity index (χ3v) is 4.29. The van der Waals surface area contributed by atoms with E-state index in [4.69, 9.17) is 28.3 Å². The lowest BCUT2D eigenvalue weighted by molar-refractivity contribution is -0.116. The molecular weight excluding hydrogens is 317 g/mol. The molecule has 1 rings (SSSR count). The summed E-state index contributed by atoms with van der Waals surface area (Å²) in [5.41, 5.74) is 0.714. The summed E-state index contributed by atoms with van der Waals surface area (Å²) < 4.78 is 0. The fourth-order valence-corrected chi connectivity index (χ4v) is 2.54. The van der Waals surface area contributed by atoms with Gasteiger partial charge in [0.2, 0.25) is 5.91 Å². The predicted molar refractivity (Wildman–Crippen MR) is 87.5 cm³/mol. The molecule has 2 N–H and O–H groups in total. The molecule has 0 spiro atoms. The van der Waals surface area contributed by atoms with Crippen molar-refractivity contribution in [3.8, 4) is 0 Å². The number of halogens is 2. The smallest absolute Gasteiger partial charge is 0.244 e. The van der Waals surface area contributed by atoms with Crippen LogP contribution >= 0.6 is 35.0 Å². The molecule has 0 atom stereocenters. The first-order valence-corrected chi connectivity index (χ1v) is 8.14. The van der Waals surface area contributed by atoms with E-state index in [-0.39, 0.29) is 12.5 Å². The van der Waals surface area contributed by atoms with Crippen LogP contribution in [0.4, 0.5) is 0 Å². The van der Waals surface area contributed by atoms with Gasteiger partial charge in [0.05, 0.1) is 10.0 Å². The van der Waals surface area contributed by atoms with Crippen molar-refractivity contribution in [1.29, 1.82) is 0 Å². The second kappa shape index (κ2) is 10.1. The lowest BCUT2D eigenvalue weighted by Gasteiger charge is -2.02. The molecule has 1 aromatic carbocycles. The molecular formula is C14H17Cl2NO2S. The monoisotopic (exact) mass is 333 g/mol. The molecule has 0 saturated heterocycles. The molecule has 110 valence electrons. The standard InChI is InChI=1S/C14H17Cl2NO2S/c15-12-4-1-3-11(14(12)16)5-6-13(19)17-7-10-20-9-2-8-18/h1,3-6,18H,2,7-10H2,(H,17,19)/b6-5+. The van der Waals surface area contributed by atoms with Crippen LogP contribution in [0.25, 0.3) is 6.08 Å². The fourth-order valence-electron chi connectivity index (χ4n) is 1.39. The molecule has 0 aliphatic heterocycles. The van der Waals surface area contributed by atoms with E-state index in [0.29, 0.717) is 22.2 Å². The molecule has 0 aromatic heterocycles. The molecule has 0 aliphatic carbocycles. The minimum absolute atomic E-state index is 0.163. The Morgan fingerprint density at radius 3 is 2.90 bits per heavy atom. The van der Waals surface area contributed by atoms with Crippen molar-refractivity contribution in [3.05, 3.63) is 39.9 Å². The van der Waals surface area contributed by atoms with Crippen LogP contribution in [0.15, 0.2) is 24.3 Å². The number of rotatable bonds is 8. The van der Waals surface area contributed by atoms with Crippen LogP contribution in [-0.4, -0.2) is 35.7 Å². The van der Waals surface area contributed by atoms with Crippen molar-refractivity contribution in [1.82, 2.24) is 5.32 Å². The molecule has 0 fully saturated rings. The predicted octanol–water partition coefficient (Wildman–Crippen LogP) is 3.24. The number of nitrogens with one attached hydrogen (secondary N) is 1. The van der Waals surface area contributed by atoms with Crippen LogP contribution < -0.4 is 5.32 Å². The van der Waals surface area contributed by atoms with E-state index in [1.165, 1.54) is 6.08 Å². The van der Waals surface area contributed by atoms with E-state index >= 15 is 0 Å². The number of carbonyl (C=O) groups excluding carboxylic acids is 1. The third kappa shape index (κ3) is 6.66. The van der Waals surface area contributed by atoms with E-state index in [9.17, 15) is 4.79 Å². The van der Waals surface area contributed by atoms with Crippen molar-refractivity contribution >= 4 is 46.9 Å². The molecule has 1 amide bonds. The molecule has 0 radical (unpaired) electrons. The van der Waals surface area contributed by atoms with Crippen LogP contribution in [0.5, 0.6) is 0 Å². The van der Waals surface area contributed by atoms with E-state index in [1.807, 2.05) is 0 Å². The zero-order valence-electron chi connectivity index (χ0n) is 10.9. The number of aliphatic hydroxyl groups excluding tert-OH is 1.